The van der Waals surface area contributed by atoms with Gasteiger partial charge in [0.25, 0.3) is 0 Å². The van der Waals surface area contributed by atoms with Crippen LogP contribution in [0, 0.1) is 5.92 Å². The van der Waals surface area contributed by atoms with E-state index < -0.39 is 18.2 Å². The molecule has 1 amide bonds. The average Bonchev–Trinajstić information content (AvgIpc) is 2.87. The predicted molar refractivity (Wildman–Crippen MR) is 68.9 cm³/mol. The highest BCUT2D eigenvalue weighted by Crippen LogP contribution is 2.19. The minimum atomic E-state index is -0.729. The number of carbonyl (C=O) groups excluding carboxylic acids is 1. The molecule has 8 nitrogen and oxygen atoms in total. The minimum Gasteiger partial charge on any atom is -0.391 e. The zero-order valence-electron chi connectivity index (χ0n) is 11.3. The quantitative estimate of drug-likeness (QED) is 0.786. The van der Waals surface area contributed by atoms with Gasteiger partial charge in [-0.05, 0) is 6.07 Å². The van der Waals surface area contributed by atoms with Gasteiger partial charge in [-0.1, -0.05) is 13.8 Å². The molecule has 2 heterocycles. The molecule has 0 spiro atoms. The maximum atomic E-state index is 11.9. The summed E-state index contributed by atoms with van der Waals surface area (Å²) in [6.07, 6.45) is 0.119. The van der Waals surface area contributed by atoms with E-state index in [2.05, 4.69) is 10.3 Å². The lowest BCUT2D eigenvalue weighted by Crippen LogP contribution is -2.30. The molecule has 1 fully saturated rings. The van der Waals surface area contributed by atoms with Crippen LogP contribution in [0.15, 0.2) is 17.1 Å². The topological polar surface area (TPSA) is 103 Å². The third-order valence-electron chi connectivity index (χ3n) is 2.80. The first-order valence-corrected chi connectivity index (χ1v) is 6.29. The predicted octanol–water partition coefficient (Wildman–Crippen LogP) is -0.298. The Morgan fingerprint density at radius 2 is 2.40 bits per heavy atom. The number of amides is 1. The van der Waals surface area contributed by atoms with Crippen LogP contribution >= 0.6 is 0 Å². The molecule has 8 heteroatoms. The summed E-state index contributed by atoms with van der Waals surface area (Å²) in [6.45, 7) is 3.37. The second-order valence-corrected chi connectivity index (χ2v) is 4.68. The maximum absolute atomic E-state index is 11.9. The molecule has 0 unspecified atom stereocenters. The zero-order valence-corrected chi connectivity index (χ0v) is 11.3. The molecule has 1 aromatic heterocycles. The van der Waals surface area contributed by atoms with Gasteiger partial charge < -0.3 is 19.9 Å². The molecule has 110 valence electrons. The van der Waals surface area contributed by atoms with Gasteiger partial charge in [0.15, 0.2) is 12.5 Å². The fourth-order valence-electron chi connectivity index (χ4n) is 1.66. The molecule has 1 aliphatic heterocycles. The van der Waals surface area contributed by atoms with Gasteiger partial charge in [-0.15, -0.1) is 0 Å². The van der Waals surface area contributed by atoms with Crippen molar-refractivity contribution >= 4 is 11.7 Å². The van der Waals surface area contributed by atoms with Gasteiger partial charge in [-0.3, -0.25) is 9.36 Å². The summed E-state index contributed by atoms with van der Waals surface area (Å²) in [5, 5.41) is 11.4. The van der Waals surface area contributed by atoms with E-state index in [1.807, 2.05) is 0 Å². The molecule has 1 aliphatic rings. The smallest absolute Gasteiger partial charge is 0.351 e. The number of aromatic nitrogens is 2. The summed E-state index contributed by atoms with van der Waals surface area (Å²) in [7, 11) is 0. The van der Waals surface area contributed by atoms with Crippen molar-refractivity contribution in [3.8, 4) is 0 Å². The van der Waals surface area contributed by atoms with Crippen molar-refractivity contribution in [2.75, 3.05) is 18.5 Å². The first-order valence-electron chi connectivity index (χ1n) is 6.29. The highest BCUT2D eigenvalue weighted by Gasteiger charge is 2.27. The molecular weight excluding hydrogens is 266 g/mol. The molecule has 20 heavy (non-hydrogen) atoms. The number of rotatable bonds is 4. The number of anilines is 1. The van der Waals surface area contributed by atoms with E-state index in [1.165, 1.54) is 16.8 Å². The van der Waals surface area contributed by atoms with Crippen LogP contribution in [0.5, 0.6) is 0 Å². The van der Waals surface area contributed by atoms with Crippen LogP contribution in [0.3, 0.4) is 0 Å². The largest absolute Gasteiger partial charge is 0.391 e. The van der Waals surface area contributed by atoms with Crippen LogP contribution < -0.4 is 11.0 Å². The van der Waals surface area contributed by atoms with Gasteiger partial charge in [-0.25, -0.2) is 4.79 Å². The Kier molecular flexibility index (Phi) is 4.48. The normalized spacial score (nSPS) is 22.2. The lowest BCUT2D eigenvalue weighted by molar-refractivity contribution is -0.118. The second kappa shape index (κ2) is 6.12. The molecule has 2 atom stereocenters. The summed E-state index contributed by atoms with van der Waals surface area (Å²) in [6, 6.07) is 1.51. The zero-order chi connectivity index (χ0) is 14.7. The van der Waals surface area contributed by atoms with Crippen molar-refractivity contribution in [1.82, 2.24) is 9.55 Å². The molecule has 2 rings (SSSR count). The van der Waals surface area contributed by atoms with Crippen LogP contribution in [0.25, 0.3) is 0 Å². The third kappa shape index (κ3) is 3.21. The van der Waals surface area contributed by atoms with E-state index in [-0.39, 0.29) is 30.9 Å². The van der Waals surface area contributed by atoms with Crippen molar-refractivity contribution in [2.45, 2.75) is 26.4 Å². The Hall–Kier alpha value is -1.77. The van der Waals surface area contributed by atoms with Crippen molar-refractivity contribution in [3.05, 3.63) is 22.7 Å². The first kappa shape index (κ1) is 14.6. The molecular formula is C12H17N3O5. The number of hydrogen-bond donors (Lipinski definition) is 2. The van der Waals surface area contributed by atoms with Crippen LogP contribution in [0.1, 0.15) is 20.1 Å². The summed E-state index contributed by atoms with van der Waals surface area (Å²) in [4.78, 5) is 27.2. The second-order valence-electron chi connectivity index (χ2n) is 4.68. The Morgan fingerprint density at radius 3 is 2.95 bits per heavy atom. The maximum Gasteiger partial charge on any atom is 0.351 e. The van der Waals surface area contributed by atoms with E-state index in [4.69, 9.17) is 14.6 Å². The van der Waals surface area contributed by atoms with Crippen LogP contribution in [-0.2, 0) is 14.3 Å². The number of ether oxygens (including phenoxy) is 2. The Morgan fingerprint density at radius 1 is 1.65 bits per heavy atom. The highest BCUT2D eigenvalue weighted by molar-refractivity contribution is 5.90. The SMILES string of the molecule is CC(C)C(=O)Nc1ccn([C@@H]2CO[C@H](CO)O2)c(=O)n1. The van der Waals surface area contributed by atoms with E-state index in [1.54, 1.807) is 13.8 Å². The number of aliphatic hydroxyl groups is 1. The molecule has 0 radical (unpaired) electrons. The fraction of sp³-hybridized carbons (Fsp3) is 0.583. The number of nitrogens with zero attached hydrogens (tertiary/aromatic N) is 2. The average molecular weight is 283 g/mol. The standard InChI is InChI=1S/C12H17N3O5/c1-7(2)11(17)13-8-3-4-15(12(18)14-8)9-6-19-10(5-16)20-9/h3-4,7,9-10,16H,5-6H2,1-2H3,(H,13,14,17,18)/t9-,10-/m0/s1. The van der Waals surface area contributed by atoms with Crippen LogP contribution in [0.4, 0.5) is 5.82 Å². The molecule has 0 aliphatic carbocycles. The Labute approximate surface area is 115 Å². The molecule has 0 saturated carbocycles. The summed E-state index contributed by atoms with van der Waals surface area (Å²) >= 11 is 0. The van der Waals surface area contributed by atoms with Crippen molar-refractivity contribution in [2.24, 2.45) is 5.92 Å². The summed E-state index contributed by atoms with van der Waals surface area (Å²) < 4.78 is 11.7. The minimum absolute atomic E-state index is 0.157. The van der Waals surface area contributed by atoms with Crippen molar-refractivity contribution in [3.63, 3.8) is 0 Å². The van der Waals surface area contributed by atoms with Crippen molar-refractivity contribution in [1.29, 1.82) is 0 Å². The van der Waals surface area contributed by atoms with Crippen LogP contribution in [-0.4, -0.2) is 40.1 Å². The van der Waals surface area contributed by atoms with Gasteiger partial charge in [0.05, 0.1) is 13.2 Å². The first-order chi connectivity index (χ1) is 9.51. The van der Waals surface area contributed by atoms with E-state index >= 15 is 0 Å². The van der Waals surface area contributed by atoms with Gasteiger partial charge in [-0.2, -0.15) is 4.98 Å². The molecule has 0 bridgehead atoms. The molecule has 1 aromatic rings. The third-order valence-corrected chi connectivity index (χ3v) is 2.80. The highest BCUT2D eigenvalue weighted by atomic mass is 16.7. The van der Waals surface area contributed by atoms with Gasteiger partial charge >= 0.3 is 5.69 Å². The molecule has 2 N–H and O–H groups in total. The Bertz CT molecular complexity index is 542. The number of carbonyl (C=O) groups is 1. The van der Waals surface area contributed by atoms with E-state index in [0.717, 1.165) is 0 Å². The lowest BCUT2D eigenvalue weighted by Gasteiger charge is -2.13. The Balaban J connectivity index is 2.11. The molecule has 0 aromatic carbocycles. The van der Waals surface area contributed by atoms with Crippen molar-refractivity contribution < 1.29 is 19.4 Å². The number of nitrogens with one attached hydrogen (secondary N) is 1. The van der Waals surface area contributed by atoms with Crippen LogP contribution in [0.2, 0.25) is 0 Å². The fourth-order valence-corrected chi connectivity index (χ4v) is 1.66. The monoisotopic (exact) mass is 283 g/mol. The van der Waals surface area contributed by atoms with E-state index in [9.17, 15) is 9.59 Å². The summed E-state index contributed by atoms with van der Waals surface area (Å²) in [5.41, 5.74) is -0.557. The summed E-state index contributed by atoms with van der Waals surface area (Å²) in [5.74, 6) is -0.214. The number of hydrogen-bond acceptors (Lipinski definition) is 6. The van der Waals surface area contributed by atoms with Gasteiger partial charge in [0.2, 0.25) is 5.91 Å². The van der Waals surface area contributed by atoms with Gasteiger partial charge in [0.1, 0.15) is 5.82 Å². The lowest BCUT2D eigenvalue weighted by atomic mass is 10.2. The van der Waals surface area contributed by atoms with Gasteiger partial charge in [0, 0.05) is 12.1 Å². The number of aliphatic hydroxyl groups excluding tert-OH is 1. The van der Waals surface area contributed by atoms with E-state index in [0.29, 0.717) is 0 Å². The molecule has 1 saturated heterocycles.